The topological polar surface area (TPSA) is 55.3 Å². The predicted molar refractivity (Wildman–Crippen MR) is 109 cm³/mol. The summed E-state index contributed by atoms with van der Waals surface area (Å²) in [7, 11) is 3.57. The van der Waals surface area contributed by atoms with E-state index in [1.165, 1.54) is 12.3 Å². The van der Waals surface area contributed by atoms with E-state index < -0.39 is 11.4 Å². The first-order valence-electron chi connectivity index (χ1n) is 9.89. The van der Waals surface area contributed by atoms with E-state index in [4.69, 9.17) is 4.74 Å². The van der Waals surface area contributed by atoms with Crippen molar-refractivity contribution in [2.24, 2.45) is 0 Å². The Morgan fingerprint density at radius 3 is 2.55 bits per heavy atom. The average molecular weight is 391 g/mol. The summed E-state index contributed by atoms with van der Waals surface area (Å²) >= 11 is 0. The van der Waals surface area contributed by atoms with Crippen LogP contribution in [-0.2, 0) is 14.9 Å². The highest BCUT2D eigenvalue weighted by Gasteiger charge is 2.52. The number of methoxy groups -OCH3 is 1. The standard InChI is InChI=1S/C23H22FN3O2/c1-27-19-13-25-18-5-3-14(15-4-6-20(24)26-12-15)11-17(18)21(19)23(22(27)28)9-7-16(29-2)8-10-23/h3-6,11-13,16H,7-10H2,1-2H3. The highest BCUT2D eigenvalue weighted by molar-refractivity contribution is 6.12. The van der Waals surface area contributed by atoms with E-state index in [9.17, 15) is 9.18 Å². The normalized spacial score (nSPS) is 23.8. The molecule has 29 heavy (non-hydrogen) atoms. The lowest BCUT2D eigenvalue weighted by Gasteiger charge is -2.36. The summed E-state index contributed by atoms with van der Waals surface area (Å²) in [6, 6.07) is 9.07. The molecule has 3 aromatic rings. The fourth-order valence-corrected chi connectivity index (χ4v) is 4.99. The van der Waals surface area contributed by atoms with Crippen LogP contribution in [-0.4, -0.2) is 36.1 Å². The first-order valence-corrected chi connectivity index (χ1v) is 9.89. The van der Waals surface area contributed by atoms with Gasteiger partial charge in [-0.2, -0.15) is 4.39 Å². The minimum Gasteiger partial charge on any atom is -0.381 e. The van der Waals surface area contributed by atoms with Gasteiger partial charge in [0, 0.05) is 36.9 Å². The van der Waals surface area contributed by atoms with Gasteiger partial charge < -0.3 is 9.64 Å². The highest BCUT2D eigenvalue weighted by Crippen LogP contribution is 2.52. The van der Waals surface area contributed by atoms with Crippen molar-refractivity contribution in [2.75, 3.05) is 19.1 Å². The molecule has 1 saturated carbocycles. The van der Waals surface area contributed by atoms with Gasteiger partial charge in [0.25, 0.3) is 0 Å². The van der Waals surface area contributed by atoms with Crippen molar-refractivity contribution in [1.29, 1.82) is 0 Å². The van der Waals surface area contributed by atoms with Crippen molar-refractivity contribution >= 4 is 22.5 Å². The number of pyridine rings is 2. The second-order valence-corrected chi connectivity index (χ2v) is 8.00. The van der Waals surface area contributed by atoms with Gasteiger partial charge in [0.2, 0.25) is 11.9 Å². The van der Waals surface area contributed by atoms with Crippen molar-refractivity contribution in [3.05, 3.63) is 54.2 Å². The number of anilines is 1. The largest absolute Gasteiger partial charge is 0.381 e. The molecule has 1 aliphatic heterocycles. The zero-order valence-corrected chi connectivity index (χ0v) is 16.5. The summed E-state index contributed by atoms with van der Waals surface area (Å²) in [5.74, 6) is -0.358. The van der Waals surface area contributed by atoms with Gasteiger partial charge in [-0.15, -0.1) is 0 Å². The smallest absolute Gasteiger partial charge is 0.237 e. The summed E-state index contributed by atoms with van der Waals surface area (Å²) in [6.07, 6.45) is 6.81. The van der Waals surface area contributed by atoms with E-state index >= 15 is 0 Å². The van der Waals surface area contributed by atoms with Crippen LogP contribution >= 0.6 is 0 Å². The third-order valence-corrected chi connectivity index (χ3v) is 6.58. The van der Waals surface area contributed by atoms with Crippen LogP contribution in [0.15, 0.2) is 42.7 Å². The van der Waals surface area contributed by atoms with Crippen LogP contribution in [0.5, 0.6) is 0 Å². The van der Waals surface area contributed by atoms with Gasteiger partial charge in [0.1, 0.15) is 0 Å². The molecule has 0 unspecified atom stereocenters. The van der Waals surface area contributed by atoms with Crippen LogP contribution < -0.4 is 4.90 Å². The van der Waals surface area contributed by atoms with Crippen molar-refractivity contribution in [3.63, 3.8) is 0 Å². The van der Waals surface area contributed by atoms with Gasteiger partial charge in [-0.3, -0.25) is 9.78 Å². The molecule has 2 aromatic heterocycles. The van der Waals surface area contributed by atoms with E-state index in [-0.39, 0.29) is 12.0 Å². The number of carbonyl (C=O) groups is 1. The molecule has 0 bridgehead atoms. The van der Waals surface area contributed by atoms with Gasteiger partial charge in [-0.1, -0.05) is 6.07 Å². The van der Waals surface area contributed by atoms with Gasteiger partial charge >= 0.3 is 0 Å². The quantitative estimate of drug-likeness (QED) is 0.613. The van der Waals surface area contributed by atoms with Crippen molar-refractivity contribution < 1.29 is 13.9 Å². The Bertz CT molecular complexity index is 1110. The minimum atomic E-state index is -0.528. The molecular weight excluding hydrogens is 369 g/mol. The van der Waals surface area contributed by atoms with Crippen LogP contribution in [0.3, 0.4) is 0 Å². The molecule has 0 N–H and O–H groups in total. The number of likely N-dealkylation sites (N-methyl/N-ethyl adjacent to an activating group) is 1. The van der Waals surface area contributed by atoms with Gasteiger partial charge in [-0.05, 0) is 55.5 Å². The monoisotopic (exact) mass is 391 g/mol. The zero-order valence-electron chi connectivity index (χ0n) is 16.5. The second-order valence-electron chi connectivity index (χ2n) is 8.00. The van der Waals surface area contributed by atoms with Gasteiger partial charge in [0.05, 0.1) is 28.9 Å². The van der Waals surface area contributed by atoms with Crippen LogP contribution in [0.25, 0.3) is 22.0 Å². The maximum absolute atomic E-state index is 13.4. The molecule has 2 aliphatic rings. The minimum absolute atomic E-state index is 0.144. The van der Waals surface area contributed by atoms with Crippen LogP contribution in [0.2, 0.25) is 0 Å². The molecular formula is C23H22FN3O2. The number of carbonyl (C=O) groups excluding carboxylic acids is 1. The number of hydrogen-bond acceptors (Lipinski definition) is 4. The number of nitrogens with zero attached hydrogens (tertiary/aromatic N) is 3. The lowest BCUT2D eigenvalue weighted by atomic mass is 9.68. The number of benzene rings is 1. The first-order chi connectivity index (χ1) is 14.0. The number of fused-ring (bicyclic) bond motifs is 4. The molecule has 3 heterocycles. The number of hydrogen-bond donors (Lipinski definition) is 0. The molecule has 0 saturated heterocycles. The van der Waals surface area contributed by atoms with Crippen molar-refractivity contribution in [3.8, 4) is 11.1 Å². The molecule has 148 valence electrons. The molecule has 5 rings (SSSR count). The van der Waals surface area contributed by atoms with Gasteiger partial charge in [-0.25, -0.2) is 4.98 Å². The Balaban J connectivity index is 1.70. The van der Waals surface area contributed by atoms with Crippen molar-refractivity contribution in [2.45, 2.75) is 37.2 Å². The Morgan fingerprint density at radius 2 is 1.86 bits per heavy atom. The fourth-order valence-electron chi connectivity index (χ4n) is 4.99. The molecule has 0 radical (unpaired) electrons. The Labute approximate surface area is 168 Å². The molecule has 0 atom stereocenters. The summed E-state index contributed by atoms with van der Waals surface area (Å²) < 4.78 is 18.8. The van der Waals surface area contributed by atoms with Gasteiger partial charge in [0.15, 0.2) is 0 Å². The van der Waals surface area contributed by atoms with Crippen LogP contribution in [0, 0.1) is 5.95 Å². The molecule has 1 amide bonds. The summed E-state index contributed by atoms with van der Waals surface area (Å²) in [6.45, 7) is 0. The van der Waals surface area contributed by atoms with E-state index in [0.717, 1.165) is 59.0 Å². The highest BCUT2D eigenvalue weighted by atomic mass is 19.1. The maximum Gasteiger partial charge on any atom is 0.237 e. The number of ether oxygens (including phenoxy) is 1. The predicted octanol–water partition coefficient (Wildman–Crippen LogP) is 4.24. The molecule has 1 aromatic carbocycles. The molecule has 6 heteroatoms. The van der Waals surface area contributed by atoms with Crippen LogP contribution in [0.4, 0.5) is 10.1 Å². The zero-order chi connectivity index (χ0) is 20.2. The first kappa shape index (κ1) is 18.2. The number of amides is 1. The van der Waals surface area contributed by atoms with E-state index in [0.29, 0.717) is 0 Å². The van der Waals surface area contributed by atoms with E-state index in [1.54, 1.807) is 18.1 Å². The van der Waals surface area contributed by atoms with Crippen molar-refractivity contribution in [1.82, 2.24) is 9.97 Å². The third kappa shape index (κ3) is 2.66. The second kappa shape index (κ2) is 6.59. The number of rotatable bonds is 2. The van der Waals surface area contributed by atoms with E-state index in [2.05, 4.69) is 16.0 Å². The summed E-state index contributed by atoms with van der Waals surface area (Å²) in [4.78, 5) is 23.5. The molecule has 5 nitrogen and oxygen atoms in total. The average Bonchev–Trinajstić information content (AvgIpc) is 2.97. The SMILES string of the molecule is COC1CCC2(CC1)C(=O)N(C)c1cnc3ccc(-c4ccc(F)nc4)cc3c12. The lowest BCUT2D eigenvalue weighted by molar-refractivity contribution is -0.125. The Hall–Kier alpha value is -2.86. The van der Waals surface area contributed by atoms with E-state index in [1.807, 2.05) is 25.4 Å². The Morgan fingerprint density at radius 1 is 1.10 bits per heavy atom. The number of halogens is 1. The molecule has 1 aliphatic carbocycles. The van der Waals surface area contributed by atoms with Crippen LogP contribution in [0.1, 0.15) is 31.2 Å². The Kier molecular flexibility index (Phi) is 4.13. The summed E-state index contributed by atoms with van der Waals surface area (Å²) in [5.41, 5.74) is 4.05. The lowest BCUT2D eigenvalue weighted by Crippen LogP contribution is -2.42. The molecule has 1 spiro atoms. The molecule has 1 fully saturated rings. The third-order valence-electron chi connectivity index (χ3n) is 6.58. The number of aromatic nitrogens is 2. The summed E-state index contributed by atoms with van der Waals surface area (Å²) in [5, 5.41) is 0.984. The maximum atomic E-state index is 13.4. The fraction of sp³-hybridized carbons (Fsp3) is 0.348.